The van der Waals surface area contributed by atoms with Crippen LogP contribution in [0.4, 0.5) is 0 Å². The first-order valence-electron chi connectivity index (χ1n) is 2.22. The lowest BCUT2D eigenvalue weighted by molar-refractivity contribution is -0.127. The zero-order valence-electron chi connectivity index (χ0n) is 5.25. The van der Waals surface area contributed by atoms with Crippen molar-refractivity contribution in [3.8, 4) is 0 Å². The van der Waals surface area contributed by atoms with Gasteiger partial charge >= 0.3 is 0 Å². The van der Waals surface area contributed by atoms with Gasteiger partial charge in [0.25, 0.3) is 0 Å². The van der Waals surface area contributed by atoms with Crippen molar-refractivity contribution < 1.29 is 4.79 Å². The van der Waals surface area contributed by atoms with Crippen LogP contribution in [0.15, 0.2) is 10.3 Å². The van der Waals surface area contributed by atoms with Gasteiger partial charge in [-0.15, -0.1) is 0 Å². The topological polar surface area (TPSA) is 45.0 Å². The van der Waals surface area contributed by atoms with Gasteiger partial charge in [0.15, 0.2) is 0 Å². The van der Waals surface area contributed by atoms with Gasteiger partial charge in [-0.25, -0.2) is 5.01 Å². The lowest BCUT2D eigenvalue weighted by Gasteiger charge is -2.02. The van der Waals surface area contributed by atoms with Gasteiger partial charge in [0.1, 0.15) is 0 Å². The van der Waals surface area contributed by atoms with E-state index in [1.54, 1.807) is 7.05 Å². The van der Waals surface area contributed by atoms with E-state index >= 15 is 0 Å². The molecule has 0 aliphatic heterocycles. The summed E-state index contributed by atoms with van der Waals surface area (Å²) in [6.45, 7) is 1.43. The van der Waals surface area contributed by atoms with Gasteiger partial charge in [-0.1, -0.05) is 5.22 Å². The van der Waals surface area contributed by atoms with E-state index in [-0.39, 0.29) is 5.91 Å². The lowest BCUT2D eigenvalue weighted by Crippen LogP contribution is -2.15. The minimum Gasteiger partial charge on any atom is -0.273 e. The first-order valence-corrected chi connectivity index (χ1v) is 2.22. The monoisotopic (exact) mass is 115 g/mol. The average Bonchev–Trinajstić information content (AvgIpc) is 1.67. The number of rotatable bonds is 1. The Kier molecular flexibility index (Phi) is 2.76. The molecule has 4 nitrogen and oxygen atoms in total. The fraction of sp³-hybridized carbons (Fsp3) is 0.750. The fourth-order valence-electron chi connectivity index (χ4n) is 0.197. The molecule has 0 unspecified atom stereocenters. The van der Waals surface area contributed by atoms with Gasteiger partial charge in [-0.3, -0.25) is 4.79 Å². The maximum Gasteiger partial charge on any atom is 0.240 e. The highest BCUT2D eigenvalue weighted by Gasteiger charge is 1.94. The smallest absolute Gasteiger partial charge is 0.240 e. The Balaban J connectivity index is 3.64. The second-order valence-corrected chi connectivity index (χ2v) is 1.33. The molecule has 0 radical (unpaired) electrons. The molecular weight excluding hydrogens is 106 g/mol. The molecule has 46 valence electrons. The first-order chi connectivity index (χ1) is 3.68. The van der Waals surface area contributed by atoms with Crippen molar-refractivity contribution in [2.24, 2.45) is 10.3 Å². The first kappa shape index (κ1) is 7.07. The Morgan fingerprint density at radius 2 is 2.12 bits per heavy atom. The molecule has 0 rings (SSSR count). The minimum absolute atomic E-state index is 0.115. The van der Waals surface area contributed by atoms with Crippen LogP contribution in [-0.2, 0) is 4.79 Å². The predicted molar refractivity (Wildman–Crippen MR) is 29.2 cm³/mol. The van der Waals surface area contributed by atoms with Crippen LogP contribution in [0.1, 0.15) is 6.92 Å². The summed E-state index contributed by atoms with van der Waals surface area (Å²) in [7, 11) is 3.06. The zero-order valence-corrected chi connectivity index (χ0v) is 5.25. The molecule has 0 saturated heterocycles. The van der Waals surface area contributed by atoms with Crippen molar-refractivity contribution in [3.05, 3.63) is 0 Å². The van der Waals surface area contributed by atoms with Crippen LogP contribution in [-0.4, -0.2) is 25.0 Å². The van der Waals surface area contributed by atoms with Crippen molar-refractivity contribution in [2.45, 2.75) is 6.92 Å². The molecule has 0 aliphatic carbocycles. The van der Waals surface area contributed by atoms with E-state index in [0.29, 0.717) is 0 Å². The van der Waals surface area contributed by atoms with Gasteiger partial charge in [-0.2, -0.15) is 5.11 Å². The van der Waals surface area contributed by atoms with Gasteiger partial charge in [0.2, 0.25) is 5.91 Å². The zero-order chi connectivity index (χ0) is 6.57. The van der Waals surface area contributed by atoms with Crippen molar-refractivity contribution in [2.75, 3.05) is 14.1 Å². The molecular formula is C4H9N3O. The third kappa shape index (κ3) is 2.28. The summed E-state index contributed by atoms with van der Waals surface area (Å²) in [6.07, 6.45) is 0. The van der Waals surface area contributed by atoms with Crippen LogP contribution in [0.3, 0.4) is 0 Å². The Morgan fingerprint density at radius 1 is 1.62 bits per heavy atom. The number of amides is 1. The molecule has 0 fully saturated rings. The number of carbonyl (C=O) groups is 1. The molecule has 0 saturated carbocycles. The summed E-state index contributed by atoms with van der Waals surface area (Å²) < 4.78 is 0. The van der Waals surface area contributed by atoms with E-state index in [0.717, 1.165) is 0 Å². The standard InChI is InChI=1S/C4H9N3O/c1-4(8)7(3)6-5-2/h1-3H3. The molecule has 0 N–H and O–H groups in total. The second kappa shape index (κ2) is 3.12. The van der Waals surface area contributed by atoms with Crippen LogP contribution >= 0.6 is 0 Å². The summed E-state index contributed by atoms with van der Waals surface area (Å²) in [4.78, 5) is 10.3. The summed E-state index contributed by atoms with van der Waals surface area (Å²) >= 11 is 0. The highest BCUT2D eigenvalue weighted by molar-refractivity contribution is 5.72. The van der Waals surface area contributed by atoms with Crippen molar-refractivity contribution in [1.29, 1.82) is 0 Å². The molecule has 8 heavy (non-hydrogen) atoms. The summed E-state index contributed by atoms with van der Waals surface area (Å²) in [5, 5.41) is 7.99. The van der Waals surface area contributed by atoms with Gasteiger partial charge < -0.3 is 0 Å². The Labute approximate surface area is 48.2 Å². The Bertz CT molecular complexity index is 110. The average molecular weight is 115 g/mol. The highest BCUT2D eigenvalue weighted by Crippen LogP contribution is 1.82. The molecule has 0 heterocycles. The van der Waals surface area contributed by atoms with E-state index in [9.17, 15) is 4.79 Å². The van der Waals surface area contributed by atoms with Gasteiger partial charge in [-0.05, 0) is 0 Å². The second-order valence-electron chi connectivity index (χ2n) is 1.33. The summed E-state index contributed by atoms with van der Waals surface area (Å²) in [5.41, 5.74) is 0. The van der Waals surface area contributed by atoms with Crippen LogP contribution in [0, 0.1) is 0 Å². The normalized spacial score (nSPS) is 9.88. The maximum absolute atomic E-state index is 10.3. The molecule has 1 amide bonds. The van der Waals surface area contributed by atoms with Crippen LogP contribution in [0.25, 0.3) is 0 Å². The molecule has 0 aliphatic rings. The maximum atomic E-state index is 10.3. The van der Waals surface area contributed by atoms with Gasteiger partial charge in [0, 0.05) is 14.0 Å². The molecule has 0 atom stereocenters. The number of hydrogen-bond acceptors (Lipinski definition) is 3. The van der Waals surface area contributed by atoms with E-state index in [4.69, 9.17) is 0 Å². The van der Waals surface area contributed by atoms with Crippen molar-refractivity contribution in [3.63, 3.8) is 0 Å². The van der Waals surface area contributed by atoms with E-state index in [2.05, 4.69) is 10.3 Å². The summed E-state index contributed by atoms with van der Waals surface area (Å²) in [6, 6.07) is 0. The summed E-state index contributed by atoms with van der Waals surface area (Å²) in [5.74, 6) is -0.115. The van der Waals surface area contributed by atoms with E-state index in [1.807, 2.05) is 0 Å². The molecule has 0 spiro atoms. The third-order valence-electron chi connectivity index (χ3n) is 0.679. The Hall–Kier alpha value is -0.930. The minimum atomic E-state index is -0.115. The molecule has 0 aromatic rings. The molecule has 4 heteroatoms. The van der Waals surface area contributed by atoms with Crippen LogP contribution in [0.2, 0.25) is 0 Å². The SMILES string of the molecule is CN=NN(C)C(C)=O. The van der Waals surface area contributed by atoms with Crippen molar-refractivity contribution >= 4 is 5.91 Å². The number of hydrogen-bond donors (Lipinski definition) is 0. The van der Waals surface area contributed by atoms with Crippen LogP contribution < -0.4 is 0 Å². The van der Waals surface area contributed by atoms with E-state index in [1.165, 1.54) is 19.0 Å². The number of carbonyl (C=O) groups excluding carboxylic acids is 1. The molecule has 0 bridgehead atoms. The third-order valence-corrected chi connectivity index (χ3v) is 0.679. The molecule has 0 aromatic carbocycles. The number of nitrogens with zero attached hydrogens (tertiary/aromatic N) is 3. The Morgan fingerprint density at radius 3 is 2.25 bits per heavy atom. The largest absolute Gasteiger partial charge is 0.273 e. The van der Waals surface area contributed by atoms with Gasteiger partial charge in [0.05, 0.1) is 7.05 Å². The van der Waals surface area contributed by atoms with E-state index < -0.39 is 0 Å². The molecule has 0 aromatic heterocycles. The van der Waals surface area contributed by atoms with Crippen molar-refractivity contribution in [1.82, 2.24) is 5.01 Å². The van der Waals surface area contributed by atoms with Crippen LogP contribution in [0.5, 0.6) is 0 Å². The quantitative estimate of drug-likeness (QED) is 0.361. The highest BCUT2D eigenvalue weighted by atomic mass is 16.2. The fourth-order valence-corrected chi connectivity index (χ4v) is 0.197. The predicted octanol–water partition coefficient (Wildman–Crippen LogP) is 0.462. The lowest BCUT2D eigenvalue weighted by atomic mass is 10.7.